The fourth-order valence-electron chi connectivity index (χ4n) is 5.05. The van der Waals surface area contributed by atoms with Crippen LogP contribution in [0.5, 0.6) is 0 Å². The summed E-state index contributed by atoms with van der Waals surface area (Å²) in [6, 6.07) is 14.0. The Balaban J connectivity index is 1.37. The third-order valence-electron chi connectivity index (χ3n) is 6.79. The third-order valence-corrected chi connectivity index (χ3v) is 9.65. The van der Waals surface area contributed by atoms with E-state index in [-0.39, 0.29) is 5.03 Å². The number of fused-ring (bicyclic) bond motifs is 2. The van der Waals surface area contributed by atoms with E-state index in [2.05, 4.69) is 5.32 Å². The summed E-state index contributed by atoms with van der Waals surface area (Å²) in [7, 11) is 0. The Labute approximate surface area is 242 Å². The maximum Gasteiger partial charge on any atom is 0.418 e. The van der Waals surface area contributed by atoms with Gasteiger partial charge >= 0.3 is 11.0 Å². The highest BCUT2D eigenvalue weighted by molar-refractivity contribution is 8.00. The lowest BCUT2D eigenvalue weighted by Gasteiger charge is -2.29. The highest BCUT2D eigenvalue weighted by atomic mass is 35.5. The highest BCUT2D eigenvalue weighted by Crippen LogP contribution is 2.54. The van der Waals surface area contributed by atoms with E-state index in [4.69, 9.17) is 16.0 Å². The van der Waals surface area contributed by atoms with Crippen LogP contribution in [0.1, 0.15) is 22.1 Å². The van der Waals surface area contributed by atoms with E-state index in [0.29, 0.717) is 21.3 Å². The Morgan fingerprint density at radius 3 is 2.41 bits per heavy atom. The zero-order valence-electron chi connectivity index (χ0n) is 20.6. The van der Waals surface area contributed by atoms with E-state index in [1.807, 2.05) is 0 Å². The molecule has 3 amide bonds. The first-order chi connectivity index (χ1) is 19.5. The summed E-state index contributed by atoms with van der Waals surface area (Å²) in [6.45, 7) is -0.602. The normalized spacial score (nSPS) is 20.2. The second-order valence-corrected chi connectivity index (χ2v) is 11.8. The molecular weight excluding hydrogens is 603 g/mol. The van der Waals surface area contributed by atoms with Crippen LogP contribution in [0.4, 0.5) is 24.5 Å². The van der Waals surface area contributed by atoms with Crippen molar-refractivity contribution in [1.29, 1.82) is 0 Å². The number of carbonyl (C=O) groups excluding carboxylic acids is 3. The molecule has 14 heteroatoms. The van der Waals surface area contributed by atoms with Crippen molar-refractivity contribution in [1.82, 2.24) is 4.57 Å². The van der Waals surface area contributed by atoms with Gasteiger partial charge in [0.25, 0.3) is 0 Å². The molecule has 1 saturated heterocycles. The van der Waals surface area contributed by atoms with Crippen LogP contribution in [-0.2, 0) is 27.1 Å². The van der Waals surface area contributed by atoms with Crippen LogP contribution in [-0.4, -0.2) is 27.5 Å². The summed E-state index contributed by atoms with van der Waals surface area (Å²) in [5.41, 5.74) is -1.14. The number of thiazole rings is 1. The Hall–Kier alpha value is -3.81. The number of halogens is 4. The molecule has 4 heterocycles. The molecule has 2 unspecified atom stereocenters. The summed E-state index contributed by atoms with van der Waals surface area (Å²) >= 11 is 7.76. The first-order valence-corrected chi connectivity index (χ1v) is 14.1. The van der Waals surface area contributed by atoms with E-state index in [1.54, 1.807) is 36.4 Å². The average molecular weight is 620 g/mol. The van der Waals surface area contributed by atoms with E-state index < -0.39 is 63.7 Å². The number of hydrogen-bond donors (Lipinski definition) is 1. The van der Waals surface area contributed by atoms with Crippen LogP contribution in [0.2, 0.25) is 5.02 Å². The van der Waals surface area contributed by atoms with Gasteiger partial charge in [-0.05, 0) is 48.5 Å². The minimum absolute atomic E-state index is 0.279. The maximum atomic E-state index is 13.7. The zero-order chi connectivity index (χ0) is 29.1. The highest BCUT2D eigenvalue weighted by Gasteiger charge is 2.57. The predicted molar refractivity (Wildman–Crippen MR) is 146 cm³/mol. The Morgan fingerprint density at radius 1 is 1.00 bits per heavy atom. The van der Waals surface area contributed by atoms with Gasteiger partial charge in [-0.1, -0.05) is 46.8 Å². The molecule has 2 aromatic carbocycles. The summed E-state index contributed by atoms with van der Waals surface area (Å²) < 4.78 is 47.0. The van der Waals surface area contributed by atoms with Crippen LogP contribution >= 0.6 is 34.7 Å². The number of benzene rings is 2. The van der Waals surface area contributed by atoms with Crippen molar-refractivity contribution in [2.45, 2.75) is 28.9 Å². The Bertz CT molecular complexity index is 1730. The molecule has 2 aliphatic rings. The van der Waals surface area contributed by atoms with E-state index >= 15 is 0 Å². The average Bonchev–Trinajstić information content (AvgIpc) is 3.62. The first-order valence-electron chi connectivity index (χ1n) is 12.1. The molecule has 0 aliphatic carbocycles. The topological polar surface area (TPSA) is 102 Å². The summed E-state index contributed by atoms with van der Waals surface area (Å²) in [6.07, 6.45) is -3.29. The van der Waals surface area contributed by atoms with Crippen LogP contribution in [0, 0.1) is 5.92 Å². The molecule has 2 aromatic heterocycles. The monoisotopic (exact) mass is 619 g/mol. The van der Waals surface area contributed by atoms with Gasteiger partial charge in [0, 0.05) is 5.02 Å². The lowest BCUT2D eigenvalue weighted by Crippen LogP contribution is -2.32. The van der Waals surface area contributed by atoms with Crippen LogP contribution in [0.25, 0.3) is 0 Å². The van der Waals surface area contributed by atoms with Crippen LogP contribution in [0.15, 0.2) is 81.2 Å². The number of carbonyl (C=O) groups is 3. The van der Waals surface area contributed by atoms with E-state index in [1.165, 1.54) is 18.4 Å². The number of alkyl halides is 3. The Kier molecular flexibility index (Phi) is 6.83. The number of anilines is 2. The third kappa shape index (κ3) is 4.77. The van der Waals surface area contributed by atoms with Gasteiger partial charge in [-0.25, -0.2) is 4.90 Å². The molecule has 2 aliphatic heterocycles. The molecule has 0 bridgehead atoms. The predicted octanol–water partition coefficient (Wildman–Crippen LogP) is 5.61. The van der Waals surface area contributed by atoms with Gasteiger partial charge in [-0.2, -0.15) is 13.2 Å². The molecule has 0 spiro atoms. The number of imide groups is 1. The molecule has 6 rings (SSSR count). The molecule has 3 atom stereocenters. The van der Waals surface area contributed by atoms with Crippen molar-refractivity contribution < 1.29 is 32.0 Å². The molecule has 4 aromatic rings. The number of amides is 3. The number of furan rings is 1. The summed E-state index contributed by atoms with van der Waals surface area (Å²) in [5.74, 6) is -3.19. The van der Waals surface area contributed by atoms with E-state index in [9.17, 15) is 32.3 Å². The number of nitrogens with one attached hydrogen (secondary N) is 1. The minimum atomic E-state index is -4.70. The number of hydrogen-bond acceptors (Lipinski definition) is 7. The van der Waals surface area contributed by atoms with Crippen LogP contribution < -0.4 is 15.1 Å². The van der Waals surface area contributed by atoms with Gasteiger partial charge < -0.3 is 9.73 Å². The first kappa shape index (κ1) is 27.4. The number of thioether (sulfide) groups is 1. The number of rotatable bonds is 5. The molecule has 1 N–H and O–H groups in total. The molecule has 210 valence electrons. The van der Waals surface area contributed by atoms with Crippen LogP contribution in [0.3, 0.4) is 0 Å². The van der Waals surface area contributed by atoms with Crippen molar-refractivity contribution in [2.24, 2.45) is 5.92 Å². The smallest absolute Gasteiger partial charge is 0.418 e. The van der Waals surface area contributed by atoms with Gasteiger partial charge in [-0.3, -0.25) is 23.7 Å². The van der Waals surface area contributed by atoms with Crippen molar-refractivity contribution in [3.8, 4) is 0 Å². The Morgan fingerprint density at radius 2 is 1.73 bits per heavy atom. The van der Waals surface area contributed by atoms with Crippen molar-refractivity contribution in [3.63, 3.8) is 0 Å². The molecule has 0 saturated carbocycles. The fraction of sp³-hybridized carbons (Fsp3) is 0.185. The lowest BCUT2D eigenvalue weighted by atomic mass is 9.87. The zero-order valence-corrected chi connectivity index (χ0v) is 22.9. The summed E-state index contributed by atoms with van der Waals surface area (Å²) in [4.78, 5) is 54.3. The van der Waals surface area contributed by atoms with Gasteiger partial charge in [0.05, 0.1) is 44.9 Å². The largest absolute Gasteiger partial charge is 0.469 e. The molecule has 8 nitrogen and oxygen atoms in total. The van der Waals surface area contributed by atoms with Crippen molar-refractivity contribution >= 4 is 63.8 Å². The van der Waals surface area contributed by atoms with Crippen molar-refractivity contribution in [2.75, 3.05) is 10.2 Å². The number of para-hydroxylation sites is 1. The SMILES string of the molecule is O=C(Cn1c2c(sc1=O)[C@H](c1ccco1)C1C(=O)N(c3ccc(Cl)cc3)C(=O)C1S2)Nc1ccccc1C(F)(F)F. The lowest BCUT2D eigenvalue weighted by molar-refractivity contribution is -0.137. The quantitative estimate of drug-likeness (QED) is 0.292. The number of nitrogens with zero attached hydrogens (tertiary/aromatic N) is 2. The van der Waals surface area contributed by atoms with Gasteiger partial charge in [0.15, 0.2) is 0 Å². The fourth-order valence-corrected chi connectivity index (χ4v) is 7.93. The van der Waals surface area contributed by atoms with Gasteiger partial charge in [0.2, 0.25) is 17.7 Å². The second-order valence-electron chi connectivity index (χ2n) is 9.26. The molecule has 1 fully saturated rings. The standard InChI is InChI=1S/C27H17ClF3N3O5S2/c28-13-7-9-14(10-8-13)34-23(36)20-19(17-6-3-11-39-17)22-25(40-21(20)24(34)37)33(26(38)41-22)12-18(35)32-16-5-2-1-4-15(16)27(29,30)31/h1-11,19-21H,12H2,(H,32,35)/t19-,20?,21?/m1/s1. The van der Waals surface area contributed by atoms with Crippen molar-refractivity contribution in [3.05, 3.63) is 97.8 Å². The molecule has 41 heavy (non-hydrogen) atoms. The maximum absolute atomic E-state index is 13.7. The minimum Gasteiger partial charge on any atom is -0.469 e. The number of aromatic nitrogens is 1. The molecular formula is C27H17ClF3N3O5S2. The van der Waals surface area contributed by atoms with Gasteiger partial charge in [0.1, 0.15) is 17.6 Å². The second kappa shape index (κ2) is 10.2. The molecule has 0 radical (unpaired) electrons. The summed E-state index contributed by atoms with van der Waals surface area (Å²) in [5, 5.41) is 2.00. The van der Waals surface area contributed by atoms with Gasteiger partial charge in [-0.15, -0.1) is 0 Å². The van der Waals surface area contributed by atoms with E-state index in [0.717, 1.165) is 44.7 Å².